The Morgan fingerprint density at radius 1 is 0.943 bits per heavy atom. The first kappa shape index (κ1) is 23.9. The fourth-order valence-electron chi connectivity index (χ4n) is 4.23. The molecule has 7 heteroatoms. The second kappa shape index (κ2) is 10.3. The van der Waals surface area contributed by atoms with Crippen LogP contribution in [0.1, 0.15) is 38.3 Å². The van der Waals surface area contributed by atoms with Crippen LogP contribution in [0.15, 0.2) is 78.9 Å². The summed E-state index contributed by atoms with van der Waals surface area (Å²) < 4.78 is 4.70. The summed E-state index contributed by atoms with van der Waals surface area (Å²) in [6.07, 6.45) is 0.439. The number of nitrogens with zero attached hydrogens (tertiary/aromatic N) is 2. The van der Waals surface area contributed by atoms with Gasteiger partial charge in [0.15, 0.2) is 0 Å². The Kier molecular flexibility index (Phi) is 7.06. The molecule has 0 aromatic heterocycles. The van der Waals surface area contributed by atoms with Gasteiger partial charge in [0.25, 0.3) is 11.8 Å². The second-order valence-corrected chi connectivity index (χ2v) is 8.43. The largest absolute Gasteiger partial charge is 0.465 e. The van der Waals surface area contributed by atoms with Gasteiger partial charge in [0.05, 0.1) is 24.8 Å². The zero-order valence-electron chi connectivity index (χ0n) is 19.6. The van der Waals surface area contributed by atoms with Crippen molar-refractivity contribution in [3.05, 3.63) is 101 Å². The monoisotopic (exact) mass is 470 g/mol. The first-order chi connectivity index (χ1) is 16.9. The second-order valence-electron chi connectivity index (χ2n) is 8.43. The molecule has 35 heavy (non-hydrogen) atoms. The van der Waals surface area contributed by atoms with Crippen LogP contribution in [0.4, 0.5) is 5.69 Å². The normalized spacial score (nSPS) is 15.3. The van der Waals surface area contributed by atoms with Crippen LogP contribution in [0.3, 0.4) is 0 Å². The van der Waals surface area contributed by atoms with Crippen molar-refractivity contribution < 1.29 is 23.9 Å². The molecule has 3 aromatic carbocycles. The third-order valence-electron chi connectivity index (χ3n) is 6.06. The molecule has 1 atom stereocenters. The number of imide groups is 1. The van der Waals surface area contributed by atoms with E-state index in [-0.39, 0.29) is 18.9 Å². The van der Waals surface area contributed by atoms with Crippen molar-refractivity contribution in [2.45, 2.75) is 25.8 Å². The van der Waals surface area contributed by atoms with Crippen molar-refractivity contribution in [3.8, 4) is 0 Å². The van der Waals surface area contributed by atoms with Gasteiger partial charge in [0.1, 0.15) is 6.04 Å². The molecule has 0 aliphatic carbocycles. The van der Waals surface area contributed by atoms with E-state index in [1.807, 2.05) is 43.3 Å². The van der Waals surface area contributed by atoms with Gasteiger partial charge >= 0.3 is 5.97 Å². The minimum atomic E-state index is -0.917. The van der Waals surface area contributed by atoms with Gasteiger partial charge in [0.2, 0.25) is 5.91 Å². The third-order valence-corrected chi connectivity index (χ3v) is 6.06. The molecule has 1 saturated heterocycles. The fraction of sp³-hybridized carbons (Fsp3) is 0.214. The highest BCUT2D eigenvalue weighted by Crippen LogP contribution is 2.27. The molecule has 178 valence electrons. The van der Waals surface area contributed by atoms with E-state index in [2.05, 4.69) is 0 Å². The van der Waals surface area contributed by atoms with Crippen LogP contribution in [-0.4, -0.2) is 48.3 Å². The van der Waals surface area contributed by atoms with Crippen LogP contribution < -0.4 is 4.90 Å². The van der Waals surface area contributed by atoms with Crippen molar-refractivity contribution in [3.63, 3.8) is 0 Å². The van der Waals surface area contributed by atoms with Crippen LogP contribution in [0, 0.1) is 6.92 Å². The number of anilines is 1. The number of amides is 3. The summed E-state index contributed by atoms with van der Waals surface area (Å²) in [5.74, 6) is -1.66. The molecular formula is C28H26N2O5. The van der Waals surface area contributed by atoms with E-state index in [4.69, 9.17) is 4.74 Å². The molecule has 1 aliphatic heterocycles. The molecule has 0 saturated carbocycles. The van der Waals surface area contributed by atoms with E-state index < -0.39 is 23.8 Å². The SMILES string of the molecule is COC(=O)c1ccc(N2C(=O)CC(N(CCc3ccccc3)C(=O)c3cccc(C)c3)C2=O)cc1. The Labute approximate surface area is 203 Å². The molecule has 0 spiro atoms. The molecule has 3 amide bonds. The molecule has 3 aromatic rings. The molecule has 1 fully saturated rings. The number of carbonyl (C=O) groups is 4. The van der Waals surface area contributed by atoms with Gasteiger partial charge in [0, 0.05) is 12.1 Å². The lowest BCUT2D eigenvalue weighted by molar-refractivity contribution is -0.122. The number of methoxy groups -OCH3 is 1. The van der Waals surface area contributed by atoms with E-state index in [0.29, 0.717) is 23.2 Å². The molecule has 0 radical (unpaired) electrons. The van der Waals surface area contributed by atoms with Gasteiger partial charge in [-0.15, -0.1) is 0 Å². The smallest absolute Gasteiger partial charge is 0.337 e. The topological polar surface area (TPSA) is 84.0 Å². The molecule has 0 N–H and O–H groups in total. The Hall–Kier alpha value is -4.26. The van der Waals surface area contributed by atoms with Gasteiger partial charge in [-0.1, -0.05) is 48.0 Å². The maximum absolute atomic E-state index is 13.5. The maximum Gasteiger partial charge on any atom is 0.337 e. The van der Waals surface area contributed by atoms with E-state index in [9.17, 15) is 19.2 Å². The summed E-state index contributed by atoms with van der Waals surface area (Å²) >= 11 is 0. The lowest BCUT2D eigenvalue weighted by Crippen LogP contribution is -2.46. The van der Waals surface area contributed by atoms with E-state index in [1.54, 1.807) is 18.2 Å². The number of hydrogen-bond acceptors (Lipinski definition) is 5. The van der Waals surface area contributed by atoms with E-state index >= 15 is 0 Å². The van der Waals surface area contributed by atoms with Gasteiger partial charge in [-0.3, -0.25) is 14.4 Å². The van der Waals surface area contributed by atoms with Gasteiger partial charge in [-0.25, -0.2) is 9.69 Å². The number of rotatable bonds is 7. The zero-order valence-corrected chi connectivity index (χ0v) is 19.6. The first-order valence-electron chi connectivity index (χ1n) is 11.4. The lowest BCUT2D eigenvalue weighted by Gasteiger charge is -2.28. The highest BCUT2D eigenvalue weighted by atomic mass is 16.5. The van der Waals surface area contributed by atoms with Crippen molar-refractivity contribution in [2.24, 2.45) is 0 Å². The molecule has 0 bridgehead atoms. The maximum atomic E-state index is 13.5. The summed E-state index contributed by atoms with van der Waals surface area (Å²) in [5.41, 5.74) is 3.09. The summed E-state index contributed by atoms with van der Waals surface area (Å²) in [6, 6.07) is 22.0. The summed E-state index contributed by atoms with van der Waals surface area (Å²) in [4.78, 5) is 54.3. The van der Waals surface area contributed by atoms with Crippen molar-refractivity contribution >= 4 is 29.4 Å². The number of aryl methyl sites for hydroxylation is 1. The quantitative estimate of drug-likeness (QED) is 0.387. The average Bonchev–Trinajstić information content (AvgIpc) is 3.17. The third kappa shape index (κ3) is 5.14. The average molecular weight is 471 g/mol. The Bertz CT molecular complexity index is 1250. The van der Waals surface area contributed by atoms with Gasteiger partial charge in [-0.2, -0.15) is 0 Å². The van der Waals surface area contributed by atoms with E-state index in [0.717, 1.165) is 16.0 Å². The summed E-state index contributed by atoms with van der Waals surface area (Å²) in [5, 5.41) is 0. The Morgan fingerprint density at radius 3 is 2.31 bits per heavy atom. The Morgan fingerprint density at radius 2 is 1.66 bits per heavy atom. The van der Waals surface area contributed by atoms with Gasteiger partial charge < -0.3 is 9.64 Å². The molecule has 7 nitrogen and oxygen atoms in total. The zero-order chi connectivity index (χ0) is 24.9. The fourth-order valence-corrected chi connectivity index (χ4v) is 4.23. The molecule has 1 heterocycles. The number of ether oxygens (including phenoxy) is 1. The molecule has 1 aliphatic rings. The molecule has 4 rings (SSSR count). The van der Waals surface area contributed by atoms with Crippen LogP contribution in [0.5, 0.6) is 0 Å². The van der Waals surface area contributed by atoms with Crippen molar-refractivity contribution in [1.82, 2.24) is 4.90 Å². The predicted molar refractivity (Wildman–Crippen MR) is 131 cm³/mol. The predicted octanol–water partition coefficient (Wildman–Crippen LogP) is 3.80. The van der Waals surface area contributed by atoms with Crippen LogP contribution in [-0.2, 0) is 20.7 Å². The van der Waals surface area contributed by atoms with Crippen molar-refractivity contribution in [2.75, 3.05) is 18.6 Å². The number of carbonyl (C=O) groups excluding carboxylic acids is 4. The summed E-state index contributed by atoms with van der Waals surface area (Å²) in [7, 11) is 1.28. The molecule has 1 unspecified atom stereocenters. The highest BCUT2D eigenvalue weighted by molar-refractivity contribution is 6.23. The first-order valence-corrected chi connectivity index (χ1v) is 11.4. The van der Waals surface area contributed by atoms with E-state index in [1.165, 1.54) is 36.3 Å². The number of hydrogen-bond donors (Lipinski definition) is 0. The van der Waals surface area contributed by atoms with Crippen molar-refractivity contribution in [1.29, 1.82) is 0 Å². The summed E-state index contributed by atoms with van der Waals surface area (Å²) in [6.45, 7) is 2.19. The standard InChI is InChI=1S/C28H26N2O5/c1-19-7-6-10-22(17-19)26(32)29(16-15-20-8-4-3-5-9-20)24-18-25(31)30(27(24)33)23-13-11-21(12-14-23)28(34)35-2/h3-14,17,24H,15-16,18H2,1-2H3. The molecular weight excluding hydrogens is 444 g/mol. The minimum absolute atomic E-state index is 0.107. The van der Waals surface area contributed by atoms with Gasteiger partial charge in [-0.05, 0) is 55.3 Å². The lowest BCUT2D eigenvalue weighted by atomic mass is 10.1. The number of esters is 1. The highest BCUT2D eigenvalue weighted by Gasteiger charge is 2.44. The Balaban J connectivity index is 1.62. The minimum Gasteiger partial charge on any atom is -0.465 e. The van der Waals surface area contributed by atoms with Crippen LogP contribution >= 0.6 is 0 Å². The number of benzene rings is 3. The van der Waals surface area contributed by atoms with Crippen LogP contribution in [0.2, 0.25) is 0 Å². The van der Waals surface area contributed by atoms with Crippen LogP contribution in [0.25, 0.3) is 0 Å².